The fraction of sp³-hybridized carbons (Fsp3) is 0.320. The van der Waals surface area contributed by atoms with Crippen molar-refractivity contribution in [2.45, 2.75) is 26.7 Å². The number of hydrogen-bond donors (Lipinski definition) is 1. The van der Waals surface area contributed by atoms with E-state index in [1.165, 1.54) is 4.68 Å². The Hall–Kier alpha value is -3.53. The summed E-state index contributed by atoms with van der Waals surface area (Å²) in [6.45, 7) is 6.19. The normalized spacial score (nSPS) is 13.4. The van der Waals surface area contributed by atoms with Gasteiger partial charge in [0.1, 0.15) is 6.61 Å². The van der Waals surface area contributed by atoms with Crippen LogP contribution in [0, 0.1) is 0 Å². The number of rotatable bonds is 6. The molecule has 0 unspecified atom stereocenters. The molecule has 0 bridgehead atoms. The largest absolute Gasteiger partial charge is 0.377 e. The molecule has 3 heterocycles. The quantitative estimate of drug-likeness (QED) is 0.471. The highest BCUT2D eigenvalue weighted by Crippen LogP contribution is 2.14. The van der Waals surface area contributed by atoms with Crippen molar-refractivity contribution in [1.82, 2.24) is 19.3 Å². The molecule has 34 heavy (non-hydrogen) atoms. The summed E-state index contributed by atoms with van der Waals surface area (Å²) in [7, 11) is 0. The van der Waals surface area contributed by atoms with Gasteiger partial charge in [-0.25, -0.2) is 4.79 Å². The molecule has 0 atom stereocenters. The molecule has 2 aromatic heterocycles. The molecule has 9 nitrogen and oxygen atoms in total. The summed E-state index contributed by atoms with van der Waals surface area (Å²) in [5, 5.41) is 5.79. The molecule has 0 spiro atoms. The van der Waals surface area contributed by atoms with Crippen LogP contribution < -0.4 is 11.2 Å². The zero-order chi connectivity index (χ0) is 23.8. The van der Waals surface area contributed by atoms with E-state index < -0.39 is 0 Å². The standard InChI is InChI=1S/C21H20N4O3.C4H8O2/c1-2-24-19(14-28-13-15-6-4-3-5-7-15)23-25(21(24)27)17-8-9-18-16(12-17)10-11-22-20(18)26;1-2-6-4-3-5-1/h3-12H,2,13-14H2,1H3,(H,22,26);1-4H2. The molecule has 0 radical (unpaired) electrons. The lowest BCUT2D eigenvalue weighted by atomic mass is 10.1. The Morgan fingerprint density at radius 3 is 2.38 bits per heavy atom. The number of pyridine rings is 1. The smallest absolute Gasteiger partial charge is 0.350 e. The predicted octanol–water partition coefficient (Wildman–Crippen LogP) is 2.65. The minimum Gasteiger partial charge on any atom is -0.377 e. The number of H-pyrrole nitrogens is 1. The number of ether oxygens (including phenoxy) is 3. The summed E-state index contributed by atoms with van der Waals surface area (Å²) in [6, 6.07) is 16.9. The van der Waals surface area contributed by atoms with Gasteiger partial charge in [-0.1, -0.05) is 30.3 Å². The highest BCUT2D eigenvalue weighted by atomic mass is 16.6. The maximum absolute atomic E-state index is 12.8. The van der Waals surface area contributed by atoms with E-state index in [9.17, 15) is 9.59 Å². The van der Waals surface area contributed by atoms with E-state index in [0.29, 0.717) is 30.0 Å². The van der Waals surface area contributed by atoms with Gasteiger partial charge in [0, 0.05) is 18.1 Å². The Labute approximate surface area is 196 Å². The van der Waals surface area contributed by atoms with Gasteiger partial charge < -0.3 is 19.2 Å². The van der Waals surface area contributed by atoms with Crippen molar-refractivity contribution < 1.29 is 14.2 Å². The third-order valence-electron chi connectivity index (χ3n) is 5.34. The van der Waals surface area contributed by atoms with Gasteiger partial charge in [0.05, 0.1) is 38.7 Å². The third-order valence-corrected chi connectivity index (χ3v) is 5.34. The molecular weight excluding hydrogens is 436 g/mol. The van der Waals surface area contributed by atoms with Crippen molar-refractivity contribution in [2.24, 2.45) is 0 Å². The lowest BCUT2D eigenvalue weighted by Crippen LogP contribution is -2.24. The fourth-order valence-corrected chi connectivity index (χ4v) is 3.62. The van der Waals surface area contributed by atoms with Gasteiger partial charge in [0.15, 0.2) is 5.82 Å². The van der Waals surface area contributed by atoms with Crippen molar-refractivity contribution in [3.8, 4) is 5.69 Å². The first-order valence-corrected chi connectivity index (χ1v) is 11.2. The molecule has 0 saturated carbocycles. The highest BCUT2D eigenvalue weighted by Gasteiger charge is 2.14. The third kappa shape index (κ3) is 5.69. The van der Waals surface area contributed by atoms with Gasteiger partial charge in [-0.3, -0.25) is 9.36 Å². The number of hydrogen-bond acceptors (Lipinski definition) is 6. The molecule has 178 valence electrons. The minimum absolute atomic E-state index is 0.162. The zero-order valence-electron chi connectivity index (χ0n) is 19.1. The summed E-state index contributed by atoms with van der Waals surface area (Å²) in [5.41, 5.74) is 1.28. The van der Waals surface area contributed by atoms with E-state index >= 15 is 0 Å². The Morgan fingerprint density at radius 1 is 0.971 bits per heavy atom. The zero-order valence-corrected chi connectivity index (χ0v) is 19.1. The van der Waals surface area contributed by atoms with Gasteiger partial charge in [0.25, 0.3) is 5.56 Å². The SMILES string of the molecule is C1COCCO1.CCn1c(COCc2ccccc2)nn(-c2ccc3c(=O)[nH]ccc3c2)c1=O. The maximum Gasteiger partial charge on any atom is 0.350 e. The molecule has 0 amide bonds. The molecular formula is C25H28N4O5. The van der Waals surface area contributed by atoms with Crippen LogP contribution >= 0.6 is 0 Å². The Morgan fingerprint density at radius 2 is 1.71 bits per heavy atom. The molecule has 1 fully saturated rings. The lowest BCUT2D eigenvalue weighted by Gasteiger charge is -2.09. The topological polar surface area (TPSA) is 100 Å². The van der Waals surface area contributed by atoms with Crippen LogP contribution in [0.2, 0.25) is 0 Å². The second-order valence-electron chi connectivity index (χ2n) is 7.64. The van der Waals surface area contributed by atoms with E-state index in [0.717, 1.165) is 37.4 Å². The first kappa shape index (κ1) is 23.6. The Balaban J connectivity index is 0.000000398. The predicted molar refractivity (Wildman–Crippen MR) is 128 cm³/mol. The number of aromatic amines is 1. The molecule has 5 rings (SSSR count). The van der Waals surface area contributed by atoms with Crippen LogP contribution in [0.4, 0.5) is 0 Å². The van der Waals surface area contributed by atoms with E-state index in [2.05, 4.69) is 10.1 Å². The van der Waals surface area contributed by atoms with E-state index in [1.54, 1.807) is 35.0 Å². The van der Waals surface area contributed by atoms with Gasteiger partial charge in [0.2, 0.25) is 0 Å². The Bertz CT molecular complexity index is 1310. The second kappa shape index (κ2) is 11.6. The summed E-state index contributed by atoms with van der Waals surface area (Å²) < 4.78 is 18.6. The van der Waals surface area contributed by atoms with Crippen molar-refractivity contribution in [3.05, 3.63) is 93.0 Å². The highest BCUT2D eigenvalue weighted by molar-refractivity contribution is 5.83. The van der Waals surface area contributed by atoms with Crippen LogP contribution in [0.15, 0.2) is 70.4 Å². The molecule has 1 aliphatic heterocycles. The van der Waals surface area contributed by atoms with E-state index in [4.69, 9.17) is 14.2 Å². The van der Waals surface area contributed by atoms with Crippen molar-refractivity contribution in [1.29, 1.82) is 0 Å². The summed E-state index contributed by atoms with van der Waals surface area (Å²) in [5.74, 6) is 0.564. The first-order chi connectivity index (χ1) is 16.7. The van der Waals surface area contributed by atoms with Gasteiger partial charge >= 0.3 is 5.69 Å². The van der Waals surface area contributed by atoms with Crippen LogP contribution in [0.3, 0.4) is 0 Å². The average Bonchev–Trinajstić information content (AvgIpc) is 3.21. The average molecular weight is 465 g/mol. The monoisotopic (exact) mass is 464 g/mol. The van der Waals surface area contributed by atoms with Crippen LogP contribution in [0.5, 0.6) is 0 Å². The van der Waals surface area contributed by atoms with E-state index in [-0.39, 0.29) is 17.9 Å². The molecule has 0 aliphatic carbocycles. The fourth-order valence-electron chi connectivity index (χ4n) is 3.62. The molecule has 9 heteroatoms. The molecule has 1 aliphatic rings. The number of fused-ring (bicyclic) bond motifs is 1. The summed E-state index contributed by atoms with van der Waals surface area (Å²) >= 11 is 0. The lowest BCUT2D eigenvalue weighted by molar-refractivity contribution is -0.0334. The summed E-state index contributed by atoms with van der Waals surface area (Å²) in [4.78, 5) is 27.3. The van der Waals surface area contributed by atoms with Crippen LogP contribution in [-0.2, 0) is 34.0 Å². The number of nitrogens with one attached hydrogen (secondary N) is 1. The van der Waals surface area contributed by atoms with Gasteiger partial charge in [-0.2, -0.15) is 4.68 Å². The minimum atomic E-state index is -0.231. The molecule has 1 N–H and O–H groups in total. The molecule has 4 aromatic rings. The first-order valence-electron chi connectivity index (χ1n) is 11.2. The molecule has 2 aromatic carbocycles. The van der Waals surface area contributed by atoms with Crippen LogP contribution in [0.25, 0.3) is 16.5 Å². The Kier molecular flexibility index (Phi) is 8.03. The number of nitrogens with zero attached hydrogens (tertiary/aromatic N) is 3. The molecule has 1 saturated heterocycles. The summed E-state index contributed by atoms with van der Waals surface area (Å²) in [6.07, 6.45) is 1.59. The number of benzene rings is 2. The second-order valence-corrected chi connectivity index (χ2v) is 7.64. The van der Waals surface area contributed by atoms with Gasteiger partial charge in [-0.15, -0.1) is 5.10 Å². The van der Waals surface area contributed by atoms with Crippen LogP contribution in [-0.4, -0.2) is 45.8 Å². The van der Waals surface area contributed by atoms with Crippen molar-refractivity contribution >= 4 is 10.8 Å². The van der Waals surface area contributed by atoms with Crippen LogP contribution in [0.1, 0.15) is 18.3 Å². The number of aromatic nitrogens is 4. The maximum atomic E-state index is 12.8. The van der Waals surface area contributed by atoms with E-state index in [1.807, 2.05) is 37.3 Å². The van der Waals surface area contributed by atoms with Crippen molar-refractivity contribution in [2.75, 3.05) is 26.4 Å². The van der Waals surface area contributed by atoms with Gasteiger partial charge in [-0.05, 0) is 42.1 Å². The van der Waals surface area contributed by atoms with Crippen molar-refractivity contribution in [3.63, 3.8) is 0 Å².